The molecule has 2 rings (SSSR count). The number of nitrogens with one attached hydrogen (secondary N) is 2. The standard InChI is InChI=1S/C17H24N4O4/c1-12(22)18-13-3-5-14(6-4-13)19-16(23)11-15(17(24)25)21-9-7-20(2)8-10-21/h3-6,15H,7-11H2,1-2H3,(H,18,22)(H,19,23)(H,24,25)/t15-/m0/s1. The van der Waals surface area contributed by atoms with Crippen molar-refractivity contribution < 1.29 is 19.5 Å². The number of piperazine rings is 1. The van der Waals surface area contributed by atoms with E-state index in [9.17, 15) is 19.5 Å². The van der Waals surface area contributed by atoms with Crippen molar-refractivity contribution in [1.82, 2.24) is 9.80 Å². The summed E-state index contributed by atoms with van der Waals surface area (Å²) in [5.74, 6) is -1.51. The fraction of sp³-hybridized carbons (Fsp3) is 0.471. The molecule has 0 radical (unpaired) electrons. The molecule has 1 fully saturated rings. The van der Waals surface area contributed by atoms with Gasteiger partial charge in [0.2, 0.25) is 11.8 Å². The number of carboxylic acid groups (broad SMARTS) is 1. The van der Waals surface area contributed by atoms with Gasteiger partial charge in [0.05, 0.1) is 6.42 Å². The lowest BCUT2D eigenvalue weighted by molar-refractivity contribution is -0.145. The zero-order valence-electron chi connectivity index (χ0n) is 14.5. The molecule has 0 aliphatic carbocycles. The van der Waals surface area contributed by atoms with Crippen molar-refractivity contribution in [3.63, 3.8) is 0 Å². The molecule has 1 aliphatic heterocycles. The van der Waals surface area contributed by atoms with Crippen LogP contribution in [0.4, 0.5) is 11.4 Å². The molecule has 136 valence electrons. The molecule has 1 atom stereocenters. The predicted octanol–water partition coefficient (Wildman–Crippen LogP) is 0.674. The number of carbonyl (C=O) groups excluding carboxylic acids is 2. The van der Waals surface area contributed by atoms with Crippen LogP contribution in [0.25, 0.3) is 0 Å². The zero-order valence-corrected chi connectivity index (χ0v) is 14.5. The van der Waals surface area contributed by atoms with Gasteiger partial charge in [-0.1, -0.05) is 0 Å². The molecule has 1 aromatic rings. The molecule has 8 heteroatoms. The Morgan fingerprint density at radius 1 is 1.04 bits per heavy atom. The predicted molar refractivity (Wildman–Crippen MR) is 94.5 cm³/mol. The van der Waals surface area contributed by atoms with Crippen LogP contribution in [-0.4, -0.2) is 72.0 Å². The van der Waals surface area contributed by atoms with Gasteiger partial charge in [0.15, 0.2) is 0 Å². The van der Waals surface area contributed by atoms with Crippen molar-refractivity contribution in [2.45, 2.75) is 19.4 Å². The van der Waals surface area contributed by atoms with Crippen LogP contribution in [0.15, 0.2) is 24.3 Å². The topological polar surface area (TPSA) is 102 Å². The second kappa shape index (κ2) is 8.59. The Morgan fingerprint density at radius 3 is 2.04 bits per heavy atom. The van der Waals surface area contributed by atoms with E-state index in [0.717, 1.165) is 13.1 Å². The fourth-order valence-electron chi connectivity index (χ4n) is 2.73. The summed E-state index contributed by atoms with van der Waals surface area (Å²) in [5.41, 5.74) is 1.19. The highest BCUT2D eigenvalue weighted by molar-refractivity contribution is 5.94. The highest BCUT2D eigenvalue weighted by Gasteiger charge is 2.30. The van der Waals surface area contributed by atoms with Crippen LogP contribution in [0.3, 0.4) is 0 Å². The van der Waals surface area contributed by atoms with Gasteiger partial charge in [-0.25, -0.2) is 0 Å². The van der Waals surface area contributed by atoms with Gasteiger partial charge >= 0.3 is 5.97 Å². The maximum absolute atomic E-state index is 12.2. The van der Waals surface area contributed by atoms with Crippen molar-refractivity contribution in [1.29, 1.82) is 0 Å². The van der Waals surface area contributed by atoms with Gasteiger partial charge in [0.1, 0.15) is 6.04 Å². The number of aliphatic carboxylic acids is 1. The van der Waals surface area contributed by atoms with Crippen molar-refractivity contribution in [3.8, 4) is 0 Å². The summed E-state index contributed by atoms with van der Waals surface area (Å²) in [6, 6.07) is 5.84. The summed E-state index contributed by atoms with van der Waals surface area (Å²) in [6.07, 6.45) is -0.105. The van der Waals surface area contributed by atoms with Crippen LogP contribution in [0.2, 0.25) is 0 Å². The number of amides is 2. The smallest absolute Gasteiger partial charge is 0.321 e. The fourth-order valence-corrected chi connectivity index (χ4v) is 2.73. The molecule has 0 spiro atoms. The van der Waals surface area contributed by atoms with Crippen LogP contribution in [0.5, 0.6) is 0 Å². The van der Waals surface area contributed by atoms with E-state index in [4.69, 9.17) is 0 Å². The van der Waals surface area contributed by atoms with Crippen LogP contribution in [0, 0.1) is 0 Å². The van der Waals surface area contributed by atoms with Crippen LogP contribution in [-0.2, 0) is 14.4 Å². The van der Waals surface area contributed by atoms with Crippen LogP contribution in [0.1, 0.15) is 13.3 Å². The summed E-state index contributed by atoms with van der Waals surface area (Å²) in [6.45, 7) is 4.25. The van der Waals surface area contributed by atoms with Gasteiger partial charge in [-0.15, -0.1) is 0 Å². The van der Waals surface area contributed by atoms with Gasteiger partial charge in [-0.3, -0.25) is 19.3 Å². The molecule has 1 saturated heterocycles. The molecule has 3 N–H and O–H groups in total. The third kappa shape index (κ3) is 5.84. The highest BCUT2D eigenvalue weighted by atomic mass is 16.4. The number of hydrogen-bond donors (Lipinski definition) is 3. The van der Waals surface area contributed by atoms with E-state index in [-0.39, 0.29) is 18.2 Å². The summed E-state index contributed by atoms with van der Waals surface area (Å²) >= 11 is 0. The number of carbonyl (C=O) groups is 3. The normalized spacial score (nSPS) is 16.9. The third-order valence-corrected chi connectivity index (χ3v) is 4.13. The molecule has 2 amide bonds. The largest absolute Gasteiger partial charge is 0.480 e. The number of rotatable bonds is 6. The Kier molecular flexibility index (Phi) is 6.49. The van der Waals surface area contributed by atoms with E-state index in [1.54, 1.807) is 24.3 Å². The number of hydrogen-bond acceptors (Lipinski definition) is 5. The average Bonchev–Trinajstić information content (AvgIpc) is 2.55. The molecular formula is C17H24N4O4. The number of carboxylic acids is 1. The number of nitrogens with zero attached hydrogens (tertiary/aromatic N) is 2. The summed E-state index contributed by atoms with van der Waals surface area (Å²) in [7, 11) is 1.99. The van der Waals surface area contributed by atoms with Crippen molar-refractivity contribution in [3.05, 3.63) is 24.3 Å². The van der Waals surface area contributed by atoms with E-state index in [1.165, 1.54) is 6.92 Å². The first-order chi connectivity index (χ1) is 11.8. The molecule has 0 aromatic heterocycles. The molecular weight excluding hydrogens is 324 g/mol. The van der Waals surface area contributed by atoms with E-state index < -0.39 is 12.0 Å². The van der Waals surface area contributed by atoms with Gasteiger partial charge in [-0.2, -0.15) is 0 Å². The van der Waals surface area contributed by atoms with Crippen molar-refractivity contribution in [2.75, 3.05) is 43.9 Å². The first-order valence-corrected chi connectivity index (χ1v) is 8.18. The summed E-state index contributed by atoms with van der Waals surface area (Å²) in [4.78, 5) is 38.7. The van der Waals surface area contributed by atoms with Gasteiger partial charge < -0.3 is 20.6 Å². The average molecular weight is 348 g/mol. The molecule has 8 nitrogen and oxygen atoms in total. The number of anilines is 2. The molecule has 0 unspecified atom stereocenters. The Hall–Kier alpha value is -2.45. The molecule has 1 aromatic carbocycles. The minimum absolute atomic E-state index is 0.105. The highest BCUT2D eigenvalue weighted by Crippen LogP contribution is 2.15. The van der Waals surface area contributed by atoms with Gasteiger partial charge in [0, 0.05) is 44.5 Å². The summed E-state index contributed by atoms with van der Waals surface area (Å²) < 4.78 is 0. The van der Waals surface area contributed by atoms with Gasteiger partial charge in [0.25, 0.3) is 0 Å². The lowest BCUT2D eigenvalue weighted by Gasteiger charge is -2.35. The minimum Gasteiger partial charge on any atom is -0.480 e. The van der Waals surface area contributed by atoms with Crippen LogP contribution >= 0.6 is 0 Å². The number of benzene rings is 1. The molecule has 25 heavy (non-hydrogen) atoms. The maximum atomic E-state index is 12.2. The SMILES string of the molecule is CC(=O)Nc1ccc(NC(=O)C[C@@H](C(=O)O)N2CCN(C)CC2)cc1. The minimum atomic E-state index is -0.985. The Balaban J connectivity index is 1.92. The van der Waals surface area contributed by atoms with Crippen molar-refractivity contribution >= 4 is 29.2 Å². The van der Waals surface area contributed by atoms with E-state index in [2.05, 4.69) is 15.5 Å². The molecule has 0 bridgehead atoms. The molecule has 0 saturated carbocycles. The third-order valence-electron chi connectivity index (χ3n) is 4.13. The lowest BCUT2D eigenvalue weighted by atomic mass is 10.1. The second-order valence-corrected chi connectivity index (χ2v) is 6.20. The molecule has 1 aliphatic rings. The lowest BCUT2D eigenvalue weighted by Crippen LogP contribution is -2.52. The zero-order chi connectivity index (χ0) is 18.4. The van der Waals surface area contributed by atoms with Crippen LogP contribution < -0.4 is 10.6 Å². The maximum Gasteiger partial charge on any atom is 0.321 e. The van der Waals surface area contributed by atoms with Crippen molar-refractivity contribution in [2.24, 2.45) is 0 Å². The van der Waals surface area contributed by atoms with E-state index in [1.807, 2.05) is 11.9 Å². The second-order valence-electron chi connectivity index (χ2n) is 6.20. The quantitative estimate of drug-likeness (QED) is 0.699. The first kappa shape index (κ1) is 18.9. The summed E-state index contributed by atoms with van der Waals surface area (Å²) in [5, 5.41) is 14.8. The number of likely N-dealkylation sites (N-methyl/N-ethyl adjacent to an activating group) is 1. The Morgan fingerprint density at radius 2 is 1.56 bits per heavy atom. The Bertz CT molecular complexity index is 624. The molecule has 1 heterocycles. The van der Waals surface area contributed by atoms with Gasteiger partial charge in [-0.05, 0) is 31.3 Å². The van der Waals surface area contributed by atoms with E-state index in [0.29, 0.717) is 24.5 Å². The Labute approximate surface area is 146 Å². The monoisotopic (exact) mass is 348 g/mol. The first-order valence-electron chi connectivity index (χ1n) is 8.18. The van der Waals surface area contributed by atoms with E-state index >= 15 is 0 Å².